The van der Waals surface area contributed by atoms with Gasteiger partial charge in [0.05, 0.1) is 10.0 Å². The number of hydroxylamine groups is 1. The van der Waals surface area contributed by atoms with Gasteiger partial charge in [-0.05, 0) is 42.4 Å². The SMILES string of the molecule is CC(C)(C)[C@H](NC(=O)Nc1ccc(Cl)c(Cl)c1)C(=O)N(CC(=O)NO)CC1CCCC1. The lowest BCUT2D eigenvalue weighted by molar-refractivity contribution is -0.142. The van der Waals surface area contributed by atoms with Crippen LogP contribution < -0.4 is 16.1 Å². The summed E-state index contributed by atoms with van der Waals surface area (Å²) in [6.07, 6.45) is 4.14. The number of hydrogen-bond donors (Lipinski definition) is 4. The van der Waals surface area contributed by atoms with Gasteiger partial charge >= 0.3 is 6.03 Å². The monoisotopic (exact) mass is 472 g/mol. The zero-order valence-electron chi connectivity index (χ0n) is 18.0. The molecule has 1 fully saturated rings. The minimum Gasteiger partial charge on any atom is -0.331 e. The summed E-state index contributed by atoms with van der Waals surface area (Å²) in [5, 5.41) is 15.0. The second-order valence-electron chi connectivity index (χ2n) is 8.93. The quantitative estimate of drug-likeness (QED) is 0.354. The van der Waals surface area contributed by atoms with Gasteiger partial charge in [0.25, 0.3) is 5.91 Å². The molecule has 10 heteroatoms. The Labute approximate surface area is 192 Å². The number of carbonyl (C=O) groups is 3. The van der Waals surface area contributed by atoms with Crippen LogP contribution in [0, 0.1) is 11.3 Å². The molecule has 1 aromatic rings. The summed E-state index contributed by atoms with van der Waals surface area (Å²) in [7, 11) is 0. The average Bonchev–Trinajstić information content (AvgIpc) is 3.20. The van der Waals surface area contributed by atoms with Gasteiger partial charge in [-0.15, -0.1) is 0 Å². The summed E-state index contributed by atoms with van der Waals surface area (Å²) in [6.45, 7) is 5.60. The molecule has 0 aliphatic heterocycles. The number of hydrogen-bond acceptors (Lipinski definition) is 4. The molecule has 0 radical (unpaired) electrons. The number of benzene rings is 1. The summed E-state index contributed by atoms with van der Waals surface area (Å²) in [5.74, 6) is -0.771. The molecule has 1 aliphatic carbocycles. The Hall–Kier alpha value is -2.03. The van der Waals surface area contributed by atoms with Gasteiger partial charge in [0.1, 0.15) is 12.6 Å². The lowest BCUT2D eigenvalue weighted by Crippen LogP contribution is -2.57. The van der Waals surface area contributed by atoms with Crippen LogP contribution in [0.4, 0.5) is 10.5 Å². The smallest absolute Gasteiger partial charge is 0.319 e. The summed E-state index contributed by atoms with van der Waals surface area (Å²) in [5.41, 5.74) is 1.38. The zero-order valence-corrected chi connectivity index (χ0v) is 19.5. The molecule has 4 N–H and O–H groups in total. The van der Waals surface area contributed by atoms with Crippen molar-refractivity contribution in [3.8, 4) is 0 Å². The predicted octanol–water partition coefficient (Wildman–Crippen LogP) is 4.05. The van der Waals surface area contributed by atoms with Crippen molar-refractivity contribution in [2.24, 2.45) is 11.3 Å². The van der Waals surface area contributed by atoms with E-state index < -0.39 is 23.4 Å². The molecule has 0 aromatic heterocycles. The maximum atomic E-state index is 13.4. The maximum absolute atomic E-state index is 13.4. The van der Waals surface area contributed by atoms with Gasteiger partial charge in [0, 0.05) is 12.2 Å². The zero-order chi connectivity index (χ0) is 23.2. The van der Waals surface area contributed by atoms with Crippen LogP contribution in [0.1, 0.15) is 46.5 Å². The molecule has 1 atom stereocenters. The normalized spacial score (nSPS) is 15.3. The Morgan fingerprint density at radius 1 is 1.16 bits per heavy atom. The van der Waals surface area contributed by atoms with Crippen molar-refractivity contribution >= 4 is 46.7 Å². The second-order valence-corrected chi connectivity index (χ2v) is 9.75. The van der Waals surface area contributed by atoms with E-state index in [1.54, 1.807) is 17.6 Å². The van der Waals surface area contributed by atoms with Crippen LogP contribution in [-0.2, 0) is 9.59 Å². The number of anilines is 1. The van der Waals surface area contributed by atoms with Gasteiger partial charge in [-0.3, -0.25) is 14.8 Å². The highest BCUT2D eigenvalue weighted by atomic mass is 35.5. The highest BCUT2D eigenvalue weighted by Gasteiger charge is 2.37. The van der Waals surface area contributed by atoms with E-state index in [-0.39, 0.29) is 12.5 Å². The Kier molecular flexibility index (Phi) is 8.97. The van der Waals surface area contributed by atoms with Crippen LogP contribution in [-0.4, -0.2) is 47.1 Å². The maximum Gasteiger partial charge on any atom is 0.319 e. The molecule has 1 aliphatic rings. The molecule has 0 heterocycles. The number of nitrogens with zero attached hydrogens (tertiary/aromatic N) is 1. The standard InChI is InChI=1S/C21H30Cl2N4O4/c1-21(2,3)18(25-20(30)24-14-8-9-15(22)16(23)10-14)19(29)27(12-17(28)26-31)11-13-6-4-5-7-13/h8-10,13,18,31H,4-7,11-12H2,1-3H3,(H,26,28)(H2,24,25,30)/t18-/m1/s1. The topological polar surface area (TPSA) is 111 Å². The van der Waals surface area contributed by atoms with E-state index in [4.69, 9.17) is 28.4 Å². The van der Waals surface area contributed by atoms with E-state index in [1.165, 1.54) is 11.0 Å². The Morgan fingerprint density at radius 3 is 2.35 bits per heavy atom. The van der Waals surface area contributed by atoms with Crippen molar-refractivity contribution in [3.63, 3.8) is 0 Å². The predicted molar refractivity (Wildman–Crippen MR) is 120 cm³/mol. The lowest BCUT2D eigenvalue weighted by Gasteiger charge is -2.35. The van der Waals surface area contributed by atoms with Crippen LogP contribution in [0.15, 0.2) is 18.2 Å². The molecule has 2 rings (SSSR count). The molecule has 1 aromatic carbocycles. The van der Waals surface area contributed by atoms with Crippen LogP contribution in [0.2, 0.25) is 10.0 Å². The molecule has 1 saturated carbocycles. The first kappa shape index (κ1) is 25.2. The van der Waals surface area contributed by atoms with Crippen molar-refractivity contribution < 1.29 is 19.6 Å². The number of rotatable bonds is 7. The Balaban J connectivity index is 2.16. The van der Waals surface area contributed by atoms with Crippen molar-refractivity contribution in [1.82, 2.24) is 15.7 Å². The number of urea groups is 1. The minimum atomic E-state index is -0.900. The van der Waals surface area contributed by atoms with Crippen LogP contribution in [0.3, 0.4) is 0 Å². The third-order valence-corrected chi connectivity index (χ3v) is 6.03. The third-order valence-electron chi connectivity index (χ3n) is 5.29. The molecular formula is C21H30Cl2N4O4. The Morgan fingerprint density at radius 2 is 1.81 bits per heavy atom. The molecular weight excluding hydrogens is 443 g/mol. The first-order valence-electron chi connectivity index (χ1n) is 10.3. The molecule has 0 saturated heterocycles. The summed E-state index contributed by atoms with van der Waals surface area (Å²) >= 11 is 11.9. The lowest BCUT2D eigenvalue weighted by atomic mass is 9.85. The summed E-state index contributed by atoms with van der Waals surface area (Å²) in [4.78, 5) is 39.3. The van der Waals surface area contributed by atoms with Crippen molar-refractivity contribution in [2.45, 2.75) is 52.5 Å². The average molecular weight is 473 g/mol. The number of carbonyl (C=O) groups excluding carboxylic acids is 3. The van der Waals surface area contributed by atoms with Gasteiger partial charge in [0.15, 0.2) is 0 Å². The fourth-order valence-electron chi connectivity index (χ4n) is 3.65. The first-order chi connectivity index (χ1) is 14.5. The first-order valence-corrected chi connectivity index (χ1v) is 11.0. The van der Waals surface area contributed by atoms with E-state index in [9.17, 15) is 14.4 Å². The van der Waals surface area contributed by atoms with Crippen molar-refractivity contribution in [3.05, 3.63) is 28.2 Å². The number of halogens is 2. The summed E-state index contributed by atoms with van der Waals surface area (Å²) in [6, 6.07) is 3.18. The van der Waals surface area contributed by atoms with Gasteiger partial charge < -0.3 is 15.5 Å². The molecule has 0 spiro atoms. The molecule has 31 heavy (non-hydrogen) atoms. The Bertz CT molecular complexity index is 807. The number of amides is 4. The fraction of sp³-hybridized carbons (Fsp3) is 0.571. The fourth-order valence-corrected chi connectivity index (χ4v) is 3.95. The van der Waals surface area contributed by atoms with Gasteiger partial charge in [-0.2, -0.15) is 0 Å². The minimum absolute atomic E-state index is 0.283. The highest BCUT2D eigenvalue weighted by Crippen LogP contribution is 2.28. The van der Waals surface area contributed by atoms with Crippen LogP contribution >= 0.6 is 23.2 Å². The number of nitrogens with one attached hydrogen (secondary N) is 3. The van der Waals surface area contributed by atoms with Crippen LogP contribution in [0.25, 0.3) is 0 Å². The van der Waals surface area contributed by atoms with E-state index >= 15 is 0 Å². The van der Waals surface area contributed by atoms with Gasteiger partial charge in [-0.1, -0.05) is 56.8 Å². The molecule has 172 valence electrons. The second kappa shape index (κ2) is 11.0. The van der Waals surface area contributed by atoms with Crippen molar-refractivity contribution in [1.29, 1.82) is 0 Å². The van der Waals surface area contributed by atoms with E-state index in [0.29, 0.717) is 28.2 Å². The highest BCUT2D eigenvalue weighted by molar-refractivity contribution is 6.42. The largest absolute Gasteiger partial charge is 0.331 e. The van der Waals surface area contributed by atoms with E-state index in [0.717, 1.165) is 25.7 Å². The molecule has 0 unspecified atom stereocenters. The van der Waals surface area contributed by atoms with E-state index in [2.05, 4.69) is 10.6 Å². The van der Waals surface area contributed by atoms with Gasteiger partial charge in [-0.25, -0.2) is 10.3 Å². The molecule has 0 bridgehead atoms. The van der Waals surface area contributed by atoms with Crippen molar-refractivity contribution in [2.75, 3.05) is 18.4 Å². The molecule has 4 amide bonds. The third kappa shape index (κ3) is 7.55. The molecule has 8 nitrogen and oxygen atoms in total. The van der Waals surface area contributed by atoms with Gasteiger partial charge in [0.2, 0.25) is 5.91 Å². The summed E-state index contributed by atoms with van der Waals surface area (Å²) < 4.78 is 0. The van der Waals surface area contributed by atoms with E-state index in [1.807, 2.05) is 20.8 Å². The van der Waals surface area contributed by atoms with Crippen LogP contribution in [0.5, 0.6) is 0 Å².